The Morgan fingerprint density at radius 1 is 1.40 bits per heavy atom. The number of aryl methyl sites for hydroxylation is 1. The number of amidine groups is 1. The van der Waals surface area contributed by atoms with E-state index in [9.17, 15) is 14.4 Å². The van der Waals surface area contributed by atoms with Crippen LogP contribution in [0, 0.1) is 6.92 Å². The van der Waals surface area contributed by atoms with Crippen LogP contribution < -0.4 is 11.1 Å². The number of carbonyl (C=O) groups excluding carboxylic acids is 3. The fraction of sp³-hybridized carbons (Fsp3) is 0.375. The predicted octanol–water partition coefficient (Wildman–Crippen LogP) is 0.261. The predicted molar refractivity (Wildman–Crippen MR) is 94.7 cm³/mol. The van der Waals surface area contributed by atoms with E-state index in [0.717, 1.165) is 11.1 Å². The molecule has 9 heteroatoms. The van der Waals surface area contributed by atoms with Gasteiger partial charge in [-0.2, -0.15) is 0 Å². The van der Waals surface area contributed by atoms with E-state index in [1.807, 2.05) is 36.1 Å². The molecule has 1 aromatic carbocycles. The van der Waals surface area contributed by atoms with Crippen LogP contribution in [0.2, 0.25) is 0 Å². The van der Waals surface area contributed by atoms with Crippen molar-refractivity contribution in [2.45, 2.75) is 25.7 Å². The van der Waals surface area contributed by atoms with E-state index < -0.39 is 24.1 Å². The van der Waals surface area contributed by atoms with Gasteiger partial charge in [0.25, 0.3) is 5.91 Å². The SMILES string of the molecule is Cc1cccc(CN2C(SCC(N)=O)=NC3C2C(=O)NC(=O)N3C)c1. The Hall–Kier alpha value is -2.55. The Kier molecular flexibility index (Phi) is 4.67. The molecule has 0 aliphatic carbocycles. The van der Waals surface area contributed by atoms with E-state index in [0.29, 0.717) is 11.7 Å². The second-order valence-corrected chi connectivity index (χ2v) is 6.99. The van der Waals surface area contributed by atoms with Gasteiger partial charge in [-0.1, -0.05) is 41.6 Å². The van der Waals surface area contributed by atoms with Crippen LogP contribution in [0.15, 0.2) is 29.3 Å². The van der Waals surface area contributed by atoms with Gasteiger partial charge in [0.1, 0.15) is 0 Å². The third kappa shape index (κ3) is 3.46. The van der Waals surface area contributed by atoms with Crippen LogP contribution >= 0.6 is 11.8 Å². The zero-order valence-corrected chi connectivity index (χ0v) is 14.7. The maximum Gasteiger partial charge on any atom is 0.325 e. The van der Waals surface area contributed by atoms with Gasteiger partial charge >= 0.3 is 6.03 Å². The largest absolute Gasteiger partial charge is 0.369 e. The topological polar surface area (TPSA) is 108 Å². The number of aliphatic imine (C=N–C) groups is 1. The van der Waals surface area contributed by atoms with E-state index in [2.05, 4.69) is 10.3 Å². The molecule has 3 rings (SSSR count). The van der Waals surface area contributed by atoms with Crippen molar-refractivity contribution in [3.63, 3.8) is 0 Å². The molecule has 0 spiro atoms. The first-order chi connectivity index (χ1) is 11.9. The molecule has 1 saturated heterocycles. The van der Waals surface area contributed by atoms with Gasteiger partial charge < -0.3 is 15.5 Å². The quantitative estimate of drug-likeness (QED) is 0.800. The normalized spacial score (nSPS) is 22.6. The summed E-state index contributed by atoms with van der Waals surface area (Å²) in [7, 11) is 1.59. The minimum absolute atomic E-state index is 0.0574. The number of imide groups is 1. The van der Waals surface area contributed by atoms with Crippen LogP contribution in [0.4, 0.5) is 4.79 Å². The summed E-state index contributed by atoms with van der Waals surface area (Å²) in [5.41, 5.74) is 7.36. The first-order valence-corrected chi connectivity index (χ1v) is 8.74. The molecule has 8 nitrogen and oxygen atoms in total. The van der Waals surface area contributed by atoms with Crippen molar-refractivity contribution in [3.05, 3.63) is 35.4 Å². The summed E-state index contributed by atoms with van der Waals surface area (Å²) in [5, 5.41) is 2.88. The maximum atomic E-state index is 12.4. The monoisotopic (exact) mass is 361 g/mol. The molecule has 0 aromatic heterocycles. The summed E-state index contributed by atoms with van der Waals surface area (Å²) in [6, 6.07) is 6.82. The molecule has 2 aliphatic rings. The third-order valence-electron chi connectivity index (χ3n) is 4.10. The smallest absolute Gasteiger partial charge is 0.325 e. The summed E-state index contributed by atoms with van der Waals surface area (Å²) < 4.78 is 0. The summed E-state index contributed by atoms with van der Waals surface area (Å²) in [4.78, 5) is 43.1. The molecule has 25 heavy (non-hydrogen) atoms. The van der Waals surface area contributed by atoms with Crippen molar-refractivity contribution < 1.29 is 14.4 Å². The first kappa shape index (κ1) is 17.3. The molecule has 2 aliphatic heterocycles. The number of hydrogen-bond acceptors (Lipinski definition) is 6. The second-order valence-electron chi connectivity index (χ2n) is 6.05. The number of likely N-dealkylation sites (N-methyl/N-ethyl adjacent to an activating group) is 1. The number of rotatable bonds is 4. The Morgan fingerprint density at radius 3 is 2.84 bits per heavy atom. The molecule has 0 radical (unpaired) electrons. The number of benzene rings is 1. The molecule has 1 fully saturated rings. The van der Waals surface area contributed by atoms with Crippen molar-refractivity contribution in [3.8, 4) is 0 Å². The van der Waals surface area contributed by atoms with Crippen LogP contribution in [-0.4, -0.2) is 57.8 Å². The van der Waals surface area contributed by atoms with Crippen LogP contribution in [0.1, 0.15) is 11.1 Å². The van der Waals surface area contributed by atoms with E-state index >= 15 is 0 Å². The molecule has 4 amide bonds. The highest BCUT2D eigenvalue weighted by Gasteiger charge is 2.48. The molecule has 1 aromatic rings. The molecule has 132 valence electrons. The summed E-state index contributed by atoms with van der Waals surface area (Å²) in [6.07, 6.45) is -0.610. The van der Waals surface area contributed by atoms with Gasteiger partial charge in [0.15, 0.2) is 17.4 Å². The van der Waals surface area contributed by atoms with Crippen molar-refractivity contribution in [1.82, 2.24) is 15.1 Å². The number of carbonyl (C=O) groups is 3. The number of nitrogens with one attached hydrogen (secondary N) is 1. The Bertz CT molecular complexity index is 766. The van der Waals surface area contributed by atoms with Gasteiger partial charge in [-0.3, -0.25) is 14.9 Å². The second kappa shape index (κ2) is 6.75. The number of amides is 4. The highest BCUT2D eigenvalue weighted by atomic mass is 32.2. The number of fused-ring (bicyclic) bond motifs is 1. The average molecular weight is 361 g/mol. The number of thioether (sulfide) groups is 1. The first-order valence-electron chi connectivity index (χ1n) is 7.75. The van der Waals surface area contributed by atoms with Gasteiger partial charge in [0.05, 0.1) is 5.75 Å². The molecule has 2 heterocycles. The van der Waals surface area contributed by atoms with E-state index in [4.69, 9.17) is 5.73 Å². The van der Waals surface area contributed by atoms with Crippen molar-refractivity contribution >= 4 is 34.8 Å². The average Bonchev–Trinajstić information content (AvgIpc) is 2.90. The van der Waals surface area contributed by atoms with Crippen molar-refractivity contribution in [1.29, 1.82) is 0 Å². The number of primary amides is 1. The van der Waals surface area contributed by atoms with Gasteiger partial charge in [0.2, 0.25) is 5.91 Å². The zero-order chi connectivity index (χ0) is 18.1. The van der Waals surface area contributed by atoms with Crippen molar-refractivity contribution in [2.75, 3.05) is 12.8 Å². The third-order valence-corrected chi connectivity index (χ3v) is 5.13. The molecule has 3 N–H and O–H groups in total. The lowest BCUT2D eigenvalue weighted by atomic mass is 10.1. The lowest BCUT2D eigenvalue weighted by molar-refractivity contribution is -0.127. The molecular formula is C16H19N5O3S. The standard InChI is InChI=1S/C16H19N5O3S/c1-9-4-3-5-10(6-9)7-21-12-13(18-16(21)25-8-11(17)22)20(2)15(24)19-14(12)23/h3-6,12-13H,7-8H2,1-2H3,(H2,17,22)(H,19,23,24). The van der Waals surface area contributed by atoms with Crippen LogP contribution in [0.3, 0.4) is 0 Å². The minimum atomic E-state index is -0.626. The van der Waals surface area contributed by atoms with E-state index in [1.54, 1.807) is 7.05 Å². The van der Waals surface area contributed by atoms with Gasteiger partial charge in [-0.15, -0.1) is 0 Å². The molecular weight excluding hydrogens is 342 g/mol. The minimum Gasteiger partial charge on any atom is -0.369 e. The maximum absolute atomic E-state index is 12.4. The highest BCUT2D eigenvalue weighted by molar-refractivity contribution is 8.14. The number of nitrogens with zero attached hydrogens (tertiary/aromatic N) is 3. The van der Waals surface area contributed by atoms with Gasteiger partial charge in [-0.05, 0) is 12.5 Å². The lowest BCUT2D eigenvalue weighted by Crippen LogP contribution is -2.63. The van der Waals surface area contributed by atoms with Crippen LogP contribution in [0.25, 0.3) is 0 Å². The highest BCUT2D eigenvalue weighted by Crippen LogP contribution is 2.30. The lowest BCUT2D eigenvalue weighted by Gasteiger charge is -2.36. The summed E-state index contributed by atoms with van der Waals surface area (Å²) in [6.45, 7) is 2.44. The summed E-state index contributed by atoms with van der Waals surface area (Å²) >= 11 is 1.18. The van der Waals surface area contributed by atoms with E-state index in [-0.39, 0.29) is 11.7 Å². The molecule has 2 atom stereocenters. The Morgan fingerprint density at radius 2 is 2.16 bits per heavy atom. The zero-order valence-electron chi connectivity index (χ0n) is 13.9. The van der Waals surface area contributed by atoms with Gasteiger partial charge in [0, 0.05) is 13.6 Å². The van der Waals surface area contributed by atoms with Crippen LogP contribution in [0.5, 0.6) is 0 Å². The fourth-order valence-electron chi connectivity index (χ4n) is 2.93. The fourth-order valence-corrected chi connectivity index (χ4v) is 3.73. The molecule has 0 bridgehead atoms. The Labute approximate surface area is 149 Å². The Balaban J connectivity index is 1.90. The van der Waals surface area contributed by atoms with Gasteiger partial charge in [-0.25, -0.2) is 9.79 Å². The molecule has 2 unspecified atom stereocenters. The number of urea groups is 1. The molecule has 0 saturated carbocycles. The number of hydrogen-bond donors (Lipinski definition) is 2. The number of nitrogens with two attached hydrogens (primary N) is 1. The van der Waals surface area contributed by atoms with Crippen molar-refractivity contribution in [2.24, 2.45) is 10.7 Å². The van der Waals surface area contributed by atoms with Crippen LogP contribution in [-0.2, 0) is 16.1 Å². The summed E-state index contributed by atoms with van der Waals surface area (Å²) in [5.74, 6) is -0.798. The van der Waals surface area contributed by atoms with E-state index in [1.165, 1.54) is 16.7 Å².